The van der Waals surface area contributed by atoms with Crippen molar-refractivity contribution in [3.8, 4) is 5.75 Å². The van der Waals surface area contributed by atoms with Crippen molar-refractivity contribution < 1.29 is 23.0 Å². The zero-order valence-electron chi connectivity index (χ0n) is 12.2. The average Bonchev–Trinajstić information content (AvgIpc) is 2.96. The largest absolute Gasteiger partial charge is 0.487 e. The molecule has 1 aromatic rings. The van der Waals surface area contributed by atoms with Gasteiger partial charge in [0.05, 0.1) is 19.8 Å². The molecule has 1 fully saturated rings. The molecule has 0 saturated carbocycles. The lowest BCUT2D eigenvalue weighted by molar-refractivity contribution is 0.163. The third kappa shape index (κ3) is 4.91. The van der Waals surface area contributed by atoms with Gasteiger partial charge in [0.2, 0.25) is 0 Å². The molecular weight excluding hydrogens is 280 g/mol. The molecule has 1 aliphatic heterocycles. The maximum absolute atomic E-state index is 13.9. The molecule has 0 amide bonds. The van der Waals surface area contributed by atoms with Gasteiger partial charge in [0.15, 0.2) is 17.4 Å². The van der Waals surface area contributed by atoms with Crippen LogP contribution in [0.2, 0.25) is 0 Å². The predicted molar refractivity (Wildman–Crippen MR) is 74.4 cm³/mol. The summed E-state index contributed by atoms with van der Waals surface area (Å²) in [6, 6.07) is 2.59. The Bertz CT molecular complexity index is 428. The summed E-state index contributed by atoms with van der Waals surface area (Å²) >= 11 is 0. The van der Waals surface area contributed by atoms with Crippen LogP contribution < -0.4 is 10.1 Å². The van der Waals surface area contributed by atoms with Gasteiger partial charge in [-0.25, -0.2) is 8.78 Å². The third-order valence-corrected chi connectivity index (χ3v) is 3.36. The first-order valence-electron chi connectivity index (χ1n) is 7.09. The van der Waals surface area contributed by atoms with E-state index < -0.39 is 11.6 Å². The van der Waals surface area contributed by atoms with Gasteiger partial charge < -0.3 is 19.5 Å². The Hall–Kier alpha value is -1.24. The highest BCUT2D eigenvalue weighted by Crippen LogP contribution is 2.25. The molecule has 1 aliphatic rings. The fourth-order valence-electron chi connectivity index (χ4n) is 2.18. The molecule has 1 heterocycles. The van der Waals surface area contributed by atoms with Crippen molar-refractivity contribution in [3.63, 3.8) is 0 Å². The topological polar surface area (TPSA) is 39.7 Å². The van der Waals surface area contributed by atoms with Gasteiger partial charge in [0.25, 0.3) is 0 Å². The van der Waals surface area contributed by atoms with Gasteiger partial charge in [0, 0.05) is 32.7 Å². The monoisotopic (exact) mass is 301 g/mol. The quantitative estimate of drug-likeness (QED) is 0.747. The Morgan fingerprint density at radius 2 is 2.10 bits per heavy atom. The van der Waals surface area contributed by atoms with Crippen LogP contribution >= 0.6 is 0 Å². The van der Waals surface area contributed by atoms with E-state index in [0.717, 1.165) is 6.42 Å². The summed E-state index contributed by atoms with van der Waals surface area (Å²) in [5.41, 5.74) is 0.539. The minimum absolute atomic E-state index is 0.208. The molecule has 1 unspecified atom stereocenters. The van der Waals surface area contributed by atoms with Gasteiger partial charge in [0.1, 0.15) is 0 Å². The van der Waals surface area contributed by atoms with Crippen LogP contribution in [0.3, 0.4) is 0 Å². The number of hydrogen-bond donors (Lipinski definition) is 1. The number of benzene rings is 1. The van der Waals surface area contributed by atoms with E-state index in [1.807, 2.05) is 0 Å². The van der Waals surface area contributed by atoms with E-state index in [0.29, 0.717) is 38.5 Å². The molecule has 0 radical (unpaired) electrons. The number of halogens is 2. The van der Waals surface area contributed by atoms with Crippen LogP contribution in [0.4, 0.5) is 8.78 Å². The van der Waals surface area contributed by atoms with Gasteiger partial charge in [-0.15, -0.1) is 0 Å². The molecule has 1 saturated heterocycles. The van der Waals surface area contributed by atoms with E-state index >= 15 is 0 Å². The molecule has 1 atom stereocenters. The minimum Gasteiger partial charge on any atom is -0.487 e. The maximum atomic E-state index is 13.9. The highest BCUT2D eigenvalue weighted by Gasteiger charge is 2.19. The summed E-state index contributed by atoms with van der Waals surface area (Å²) in [5.74, 6) is -1.43. The maximum Gasteiger partial charge on any atom is 0.190 e. The molecule has 0 spiro atoms. The lowest BCUT2D eigenvalue weighted by atomic mass is 10.1. The zero-order valence-corrected chi connectivity index (χ0v) is 12.2. The van der Waals surface area contributed by atoms with Crippen molar-refractivity contribution >= 4 is 0 Å². The second-order valence-corrected chi connectivity index (χ2v) is 5.10. The van der Waals surface area contributed by atoms with Gasteiger partial charge in [-0.2, -0.15) is 0 Å². The fourth-order valence-corrected chi connectivity index (χ4v) is 2.18. The van der Waals surface area contributed by atoms with Crippen molar-refractivity contribution in [3.05, 3.63) is 29.3 Å². The van der Waals surface area contributed by atoms with E-state index in [2.05, 4.69) is 5.32 Å². The molecule has 4 nitrogen and oxygen atoms in total. The lowest BCUT2D eigenvalue weighted by Crippen LogP contribution is -2.19. The van der Waals surface area contributed by atoms with Crippen molar-refractivity contribution in [1.82, 2.24) is 5.32 Å². The Balaban J connectivity index is 1.89. The number of rotatable bonds is 8. The molecule has 2 rings (SSSR count). The minimum atomic E-state index is -0.669. The SMILES string of the molecule is COCCNCc1cc(F)c(OCC2CCOC2)c(F)c1. The van der Waals surface area contributed by atoms with Crippen LogP contribution in [-0.2, 0) is 16.0 Å². The molecule has 6 heteroatoms. The molecule has 0 aliphatic carbocycles. The van der Waals surface area contributed by atoms with Crippen LogP contribution in [0, 0.1) is 17.6 Å². The van der Waals surface area contributed by atoms with Gasteiger partial charge >= 0.3 is 0 Å². The summed E-state index contributed by atoms with van der Waals surface area (Å²) in [6.07, 6.45) is 0.866. The van der Waals surface area contributed by atoms with E-state index in [1.54, 1.807) is 7.11 Å². The molecule has 1 aromatic carbocycles. The highest BCUT2D eigenvalue weighted by atomic mass is 19.1. The highest BCUT2D eigenvalue weighted by molar-refractivity contribution is 5.31. The normalized spacial score (nSPS) is 18.1. The van der Waals surface area contributed by atoms with Crippen molar-refractivity contribution in [1.29, 1.82) is 0 Å². The predicted octanol–water partition coefficient (Wildman–Crippen LogP) is 2.12. The van der Waals surface area contributed by atoms with E-state index in [-0.39, 0.29) is 18.3 Å². The van der Waals surface area contributed by atoms with E-state index in [1.165, 1.54) is 12.1 Å². The summed E-state index contributed by atoms with van der Waals surface area (Å²) in [6.45, 7) is 3.11. The summed E-state index contributed by atoms with van der Waals surface area (Å²) in [5, 5.41) is 3.04. The number of hydrogen-bond acceptors (Lipinski definition) is 4. The fraction of sp³-hybridized carbons (Fsp3) is 0.600. The number of ether oxygens (including phenoxy) is 3. The molecular formula is C15H21F2NO3. The van der Waals surface area contributed by atoms with Crippen molar-refractivity contribution in [2.45, 2.75) is 13.0 Å². The molecule has 118 valence electrons. The third-order valence-electron chi connectivity index (χ3n) is 3.36. The molecule has 21 heavy (non-hydrogen) atoms. The van der Waals surface area contributed by atoms with E-state index in [4.69, 9.17) is 14.2 Å². The Morgan fingerprint density at radius 3 is 2.71 bits per heavy atom. The first-order chi connectivity index (χ1) is 10.2. The molecule has 0 bridgehead atoms. The Labute approximate surface area is 123 Å². The molecule has 1 N–H and O–H groups in total. The molecule has 0 aromatic heterocycles. The first kappa shape index (κ1) is 16.1. The standard InChI is InChI=1S/C15H21F2NO3/c1-19-5-3-18-8-12-6-13(16)15(14(17)7-12)21-10-11-2-4-20-9-11/h6-7,11,18H,2-5,8-10H2,1H3. The van der Waals surface area contributed by atoms with Crippen LogP contribution in [0.5, 0.6) is 5.75 Å². The van der Waals surface area contributed by atoms with Crippen LogP contribution in [0.1, 0.15) is 12.0 Å². The van der Waals surface area contributed by atoms with Crippen molar-refractivity contribution in [2.75, 3.05) is 40.1 Å². The first-order valence-corrected chi connectivity index (χ1v) is 7.09. The van der Waals surface area contributed by atoms with Gasteiger partial charge in [-0.05, 0) is 24.1 Å². The van der Waals surface area contributed by atoms with Gasteiger partial charge in [-0.1, -0.05) is 0 Å². The van der Waals surface area contributed by atoms with Crippen LogP contribution in [0.25, 0.3) is 0 Å². The average molecular weight is 301 g/mol. The Kier molecular flexibility index (Phi) is 6.35. The summed E-state index contributed by atoms with van der Waals surface area (Å²) in [4.78, 5) is 0. The smallest absolute Gasteiger partial charge is 0.190 e. The second kappa shape index (κ2) is 8.26. The van der Waals surface area contributed by atoms with E-state index in [9.17, 15) is 8.78 Å². The van der Waals surface area contributed by atoms with Gasteiger partial charge in [-0.3, -0.25) is 0 Å². The second-order valence-electron chi connectivity index (χ2n) is 5.10. The van der Waals surface area contributed by atoms with Crippen LogP contribution in [0.15, 0.2) is 12.1 Å². The summed E-state index contributed by atoms with van der Waals surface area (Å²) in [7, 11) is 1.60. The Morgan fingerprint density at radius 1 is 1.33 bits per heavy atom. The number of methoxy groups -OCH3 is 1. The number of nitrogens with one attached hydrogen (secondary N) is 1. The van der Waals surface area contributed by atoms with Crippen LogP contribution in [-0.4, -0.2) is 40.1 Å². The van der Waals surface area contributed by atoms with Crippen molar-refractivity contribution in [2.24, 2.45) is 5.92 Å². The summed E-state index contributed by atoms with van der Waals surface area (Å²) < 4.78 is 43.2. The lowest BCUT2D eigenvalue weighted by Gasteiger charge is -2.13. The zero-order chi connectivity index (χ0) is 15.1.